The molecule has 7 heteroatoms. The molecule has 1 atom stereocenters. The number of amides is 1. The van der Waals surface area contributed by atoms with Crippen molar-refractivity contribution in [3.05, 3.63) is 63.7 Å². The lowest BCUT2D eigenvalue weighted by Crippen LogP contribution is -3.08. The molecule has 0 aliphatic rings. The van der Waals surface area contributed by atoms with E-state index < -0.39 is 4.92 Å². The molecule has 0 bridgehead atoms. The van der Waals surface area contributed by atoms with Gasteiger partial charge in [-0.2, -0.15) is 0 Å². The number of rotatable bonds is 7. The van der Waals surface area contributed by atoms with E-state index in [0.29, 0.717) is 12.1 Å². The molecule has 0 saturated heterocycles. The van der Waals surface area contributed by atoms with Gasteiger partial charge in [0.25, 0.3) is 11.6 Å². The van der Waals surface area contributed by atoms with Crippen LogP contribution in [0.3, 0.4) is 0 Å². The van der Waals surface area contributed by atoms with Gasteiger partial charge >= 0.3 is 0 Å². The number of anilines is 1. The van der Waals surface area contributed by atoms with Crippen molar-refractivity contribution in [1.82, 2.24) is 0 Å². The van der Waals surface area contributed by atoms with Crippen LogP contribution in [0.25, 0.3) is 0 Å². The Hall–Kier alpha value is -2.38. The highest BCUT2D eigenvalue weighted by molar-refractivity contribution is 7.98. The Labute approximate surface area is 151 Å². The van der Waals surface area contributed by atoms with Crippen LogP contribution in [0.1, 0.15) is 11.1 Å². The number of para-hydroxylation sites is 1. The summed E-state index contributed by atoms with van der Waals surface area (Å²) in [6.45, 7) is 2.68. The van der Waals surface area contributed by atoms with Crippen LogP contribution in [0.4, 0.5) is 11.4 Å². The summed E-state index contributed by atoms with van der Waals surface area (Å²) in [5.74, 6) is -0.240. The van der Waals surface area contributed by atoms with E-state index in [-0.39, 0.29) is 23.8 Å². The maximum atomic E-state index is 12.3. The summed E-state index contributed by atoms with van der Waals surface area (Å²) in [5, 5.41) is 13.8. The summed E-state index contributed by atoms with van der Waals surface area (Å²) in [4.78, 5) is 25.1. The standard InChI is InChI=1S/C18H21N3O3S/c1-13-5-4-6-16(21(23)24)18(13)19-17(22)12-20(2)11-14-7-9-15(25-3)10-8-14/h4-10H,11-12H2,1-3H3,(H,19,22)/p+1. The Morgan fingerprint density at radius 2 is 1.92 bits per heavy atom. The van der Waals surface area contributed by atoms with Gasteiger partial charge in [0.1, 0.15) is 12.2 Å². The van der Waals surface area contributed by atoms with Crippen LogP contribution in [-0.2, 0) is 11.3 Å². The molecule has 0 aromatic heterocycles. The minimum atomic E-state index is -0.480. The SMILES string of the molecule is CSc1ccc(C[NH+](C)CC(=O)Nc2c(C)cccc2[N+](=O)[O-])cc1. The molecule has 2 rings (SSSR count). The van der Waals surface area contributed by atoms with E-state index in [0.717, 1.165) is 10.5 Å². The van der Waals surface area contributed by atoms with Gasteiger partial charge in [0.05, 0.1) is 12.0 Å². The zero-order valence-corrected chi connectivity index (χ0v) is 15.4. The Kier molecular flexibility index (Phi) is 6.55. The van der Waals surface area contributed by atoms with E-state index in [9.17, 15) is 14.9 Å². The topological polar surface area (TPSA) is 76.7 Å². The molecule has 0 fully saturated rings. The summed E-state index contributed by atoms with van der Waals surface area (Å²) >= 11 is 1.69. The minimum Gasteiger partial charge on any atom is -0.326 e. The Balaban J connectivity index is 1.99. The van der Waals surface area contributed by atoms with Gasteiger partial charge in [0.2, 0.25) is 0 Å². The molecular weight excluding hydrogens is 338 g/mol. The molecule has 132 valence electrons. The molecule has 2 aromatic rings. The average Bonchev–Trinajstić information content (AvgIpc) is 2.57. The van der Waals surface area contributed by atoms with Crippen molar-refractivity contribution in [2.45, 2.75) is 18.4 Å². The number of thioether (sulfide) groups is 1. The second-order valence-corrected chi connectivity index (χ2v) is 6.81. The molecule has 2 N–H and O–H groups in total. The van der Waals surface area contributed by atoms with Gasteiger partial charge in [0, 0.05) is 16.5 Å². The molecule has 0 heterocycles. The number of hydrogen-bond acceptors (Lipinski definition) is 4. The lowest BCUT2D eigenvalue weighted by Gasteiger charge is -2.15. The second-order valence-electron chi connectivity index (χ2n) is 5.93. The number of nitrogens with one attached hydrogen (secondary N) is 2. The number of quaternary nitrogens is 1. The highest BCUT2D eigenvalue weighted by Gasteiger charge is 2.19. The van der Waals surface area contributed by atoms with Crippen LogP contribution in [0.15, 0.2) is 47.4 Å². The number of aryl methyl sites for hydroxylation is 1. The van der Waals surface area contributed by atoms with Gasteiger partial charge < -0.3 is 10.2 Å². The van der Waals surface area contributed by atoms with Crippen molar-refractivity contribution < 1.29 is 14.6 Å². The second kappa shape index (κ2) is 8.64. The predicted molar refractivity (Wildman–Crippen MR) is 100 cm³/mol. The van der Waals surface area contributed by atoms with E-state index >= 15 is 0 Å². The van der Waals surface area contributed by atoms with Gasteiger partial charge in [-0.3, -0.25) is 14.9 Å². The molecule has 2 aromatic carbocycles. The number of carbonyl (C=O) groups excluding carboxylic acids is 1. The molecule has 6 nitrogen and oxygen atoms in total. The fourth-order valence-electron chi connectivity index (χ4n) is 2.58. The molecule has 1 unspecified atom stereocenters. The summed E-state index contributed by atoms with van der Waals surface area (Å²) in [6.07, 6.45) is 2.03. The van der Waals surface area contributed by atoms with Crippen LogP contribution >= 0.6 is 11.8 Å². The van der Waals surface area contributed by atoms with Gasteiger partial charge in [-0.25, -0.2) is 0 Å². The quantitative estimate of drug-likeness (QED) is 0.451. The summed E-state index contributed by atoms with van der Waals surface area (Å²) in [6, 6.07) is 13.0. The highest BCUT2D eigenvalue weighted by Crippen LogP contribution is 2.27. The number of hydrogen-bond donors (Lipinski definition) is 2. The molecule has 0 aliphatic carbocycles. The number of nitrogens with zero attached hydrogens (tertiary/aromatic N) is 1. The summed E-state index contributed by atoms with van der Waals surface area (Å²) in [5.41, 5.74) is 2.01. The summed E-state index contributed by atoms with van der Waals surface area (Å²) < 4.78 is 0. The largest absolute Gasteiger partial charge is 0.326 e. The lowest BCUT2D eigenvalue weighted by molar-refractivity contribution is -0.885. The first-order chi connectivity index (χ1) is 11.9. The van der Waals surface area contributed by atoms with E-state index in [1.807, 2.05) is 13.3 Å². The number of nitro benzene ring substituents is 1. The number of benzene rings is 2. The third kappa shape index (κ3) is 5.30. The zero-order chi connectivity index (χ0) is 18.4. The van der Waals surface area contributed by atoms with E-state index in [4.69, 9.17) is 0 Å². The number of nitro groups is 1. The van der Waals surface area contributed by atoms with E-state index in [2.05, 4.69) is 29.6 Å². The van der Waals surface area contributed by atoms with Crippen molar-refractivity contribution in [2.75, 3.05) is 25.2 Å². The van der Waals surface area contributed by atoms with Gasteiger partial charge in [-0.05, 0) is 30.9 Å². The molecule has 0 aliphatic heterocycles. The molecule has 0 saturated carbocycles. The Bertz CT molecular complexity index is 763. The van der Waals surface area contributed by atoms with Crippen LogP contribution in [0.2, 0.25) is 0 Å². The third-order valence-electron chi connectivity index (χ3n) is 3.84. The van der Waals surface area contributed by atoms with Crippen LogP contribution in [0.5, 0.6) is 0 Å². The van der Waals surface area contributed by atoms with Crippen LogP contribution in [-0.4, -0.2) is 30.7 Å². The monoisotopic (exact) mass is 360 g/mol. The van der Waals surface area contributed by atoms with Crippen LogP contribution in [0, 0.1) is 17.0 Å². The van der Waals surface area contributed by atoms with Crippen molar-refractivity contribution in [3.63, 3.8) is 0 Å². The van der Waals surface area contributed by atoms with Gasteiger partial charge in [0.15, 0.2) is 6.54 Å². The van der Waals surface area contributed by atoms with E-state index in [1.54, 1.807) is 30.8 Å². The first-order valence-electron chi connectivity index (χ1n) is 7.88. The maximum absolute atomic E-state index is 12.3. The zero-order valence-electron chi connectivity index (χ0n) is 14.5. The molecule has 25 heavy (non-hydrogen) atoms. The lowest BCUT2D eigenvalue weighted by atomic mass is 10.1. The Morgan fingerprint density at radius 1 is 1.24 bits per heavy atom. The maximum Gasteiger partial charge on any atom is 0.293 e. The average molecular weight is 360 g/mol. The molecule has 1 amide bonds. The normalized spacial score (nSPS) is 11.8. The van der Waals surface area contributed by atoms with Crippen molar-refractivity contribution in [1.29, 1.82) is 0 Å². The number of likely N-dealkylation sites (N-methyl/N-ethyl adjacent to an activating group) is 1. The smallest absolute Gasteiger partial charge is 0.293 e. The van der Waals surface area contributed by atoms with Gasteiger partial charge in [-0.15, -0.1) is 11.8 Å². The van der Waals surface area contributed by atoms with E-state index in [1.165, 1.54) is 11.0 Å². The Morgan fingerprint density at radius 3 is 2.52 bits per heavy atom. The number of carbonyl (C=O) groups is 1. The van der Waals surface area contributed by atoms with Crippen molar-refractivity contribution in [2.24, 2.45) is 0 Å². The molecule has 0 radical (unpaired) electrons. The van der Waals surface area contributed by atoms with Crippen molar-refractivity contribution in [3.8, 4) is 0 Å². The molecule has 0 spiro atoms. The van der Waals surface area contributed by atoms with Crippen LogP contribution < -0.4 is 10.2 Å². The molecular formula is C18H22N3O3S+. The van der Waals surface area contributed by atoms with Gasteiger partial charge in [-0.1, -0.05) is 24.3 Å². The minimum absolute atomic E-state index is 0.0846. The third-order valence-corrected chi connectivity index (χ3v) is 4.58. The first kappa shape index (κ1) is 19.0. The fourth-order valence-corrected chi connectivity index (χ4v) is 2.99. The predicted octanol–water partition coefficient (Wildman–Crippen LogP) is 2.28. The highest BCUT2D eigenvalue weighted by atomic mass is 32.2. The summed E-state index contributed by atoms with van der Waals surface area (Å²) in [7, 11) is 1.92. The first-order valence-corrected chi connectivity index (χ1v) is 9.11. The van der Waals surface area contributed by atoms with Crippen molar-refractivity contribution >= 4 is 29.0 Å². The fraction of sp³-hybridized carbons (Fsp3) is 0.278.